The smallest absolute Gasteiger partial charge is 0.0578 e. The molecule has 0 fully saturated rings. The number of hydrogen-bond donors (Lipinski definition) is 2. The van der Waals surface area contributed by atoms with E-state index in [0.29, 0.717) is 0 Å². The van der Waals surface area contributed by atoms with Crippen molar-refractivity contribution in [1.82, 2.24) is 18.4 Å². The van der Waals surface area contributed by atoms with Gasteiger partial charge in [0.25, 0.3) is 0 Å². The maximum absolute atomic E-state index is 4.14. The Labute approximate surface area is 115 Å². The normalized spacial score (nSPS) is 10.8. The predicted octanol–water partition coefficient (Wildman–Crippen LogP) is 2.80. The molecule has 0 aliphatic heterocycles. The zero-order chi connectivity index (χ0) is 12.5. The van der Waals surface area contributed by atoms with Crippen LogP contribution in [0.25, 0.3) is 22.3 Å². The van der Waals surface area contributed by atoms with Crippen LogP contribution in [0.2, 0.25) is 0 Å². The zero-order valence-electron chi connectivity index (χ0n) is 9.30. The van der Waals surface area contributed by atoms with Crippen LogP contribution >= 0.6 is 25.6 Å². The highest BCUT2D eigenvalue weighted by Crippen LogP contribution is 2.26. The van der Waals surface area contributed by atoms with Crippen molar-refractivity contribution in [3.63, 3.8) is 0 Å². The third-order valence-corrected chi connectivity index (χ3v) is 3.11. The molecule has 1 aromatic carbocycles. The van der Waals surface area contributed by atoms with E-state index in [9.17, 15) is 0 Å². The topological polar surface area (TPSA) is 35.6 Å². The highest BCUT2D eigenvalue weighted by molar-refractivity contribution is 7.78. The Hall–Kier alpha value is -1.66. The van der Waals surface area contributed by atoms with Crippen LogP contribution in [0.1, 0.15) is 0 Å². The Bertz CT molecular complexity index is 631. The summed E-state index contributed by atoms with van der Waals surface area (Å²) in [6, 6.07) is 8.19. The fourth-order valence-corrected chi connectivity index (χ4v) is 2.15. The van der Waals surface area contributed by atoms with Gasteiger partial charge in [-0.05, 0) is 42.8 Å². The quantitative estimate of drug-likeness (QED) is 0.705. The van der Waals surface area contributed by atoms with Gasteiger partial charge in [-0.25, -0.2) is 8.17 Å². The lowest BCUT2D eigenvalue weighted by Gasteiger charge is -2.01. The molecule has 0 amide bonds. The van der Waals surface area contributed by atoms with E-state index in [0.717, 1.165) is 22.3 Å². The fraction of sp³-hybridized carbons (Fsp3) is 0. The maximum atomic E-state index is 4.14. The van der Waals surface area contributed by atoms with E-state index < -0.39 is 0 Å². The first kappa shape index (κ1) is 11.4. The van der Waals surface area contributed by atoms with Crippen LogP contribution in [-0.4, -0.2) is 18.4 Å². The number of thiol groups is 2. The van der Waals surface area contributed by atoms with E-state index in [1.165, 1.54) is 8.17 Å². The van der Waals surface area contributed by atoms with Crippen LogP contribution in [0.5, 0.6) is 0 Å². The first-order valence-corrected chi connectivity index (χ1v) is 6.11. The highest BCUT2D eigenvalue weighted by Gasteiger charge is 2.04. The minimum atomic E-state index is 1.03. The van der Waals surface area contributed by atoms with E-state index >= 15 is 0 Å². The highest BCUT2D eigenvalue weighted by atomic mass is 32.1. The number of nitrogens with zero attached hydrogens (tertiary/aromatic N) is 4. The van der Waals surface area contributed by atoms with Crippen molar-refractivity contribution in [2.75, 3.05) is 0 Å². The van der Waals surface area contributed by atoms with Crippen molar-refractivity contribution in [3.8, 4) is 22.3 Å². The van der Waals surface area contributed by atoms with Crippen LogP contribution in [0.3, 0.4) is 0 Å². The number of aromatic nitrogens is 4. The third-order valence-electron chi connectivity index (χ3n) is 2.67. The van der Waals surface area contributed by atoms with Gasteiger partial charge in [0.1, 0.15) is 0 Å². The molecule has 0 saturated heterocycles. The Morgan fingerprint density at radius 3 is 1.67 bits per heavy atom. The summed E-state index contributed by atoms with van der Waals surface area (Å²) in [5, 5.41) is 8.10. The van der Waals surface area contributed by atoms with Gasteiger partial charge in [-0.2, -0.15) is 10.2 Å². The molecule has 2 aromatic heterocycles. The van der Waals surface area contributed by atoms with Gasteiger partial charge in [-0.15, -0.1) is 0 Å². The van der Waals surface area contributed by atoms with Crippen molar-refractivity contribution >= 4 is 25.6 Å². The fourth-order valence-electron chi connectivity index (χ4n) is 1.80. The van der Waals surface area contributed by atoms with E-state index in [4.69, 9.17) is 0 Å². The van der Waals surface area contributed by atoms with E-state index in [1.54, 1.807) is 12.4 Å². The largest absolute Gasteiger partial charge is 0.217 e. The number of hydrogen-bond acceptors (Lipinski definition) is 4. The van der Waals surface area contributed by atoms with Crippen LogP contribution in [0.4, 0.5) is 0 Å². The monoisotopic (exact) mass is 274 g/mol. The standard InChI is InChI=1S/C12H10N4S2/c17-15-7-11(5-13-15)9-2-1-3-10(4-9)12-6-14-16(18)8-12/h1-8,17-18H. The van der Waals surface area contributed by atoms with Gasteiger partial charge in [0, 0.05) is 23.5 Å². The summed E-state index contributed by atoms with van der Waals surface area (Å²) in [6.45, 7) is 0. The zero-order valence-corrected chi connectivity index (χ0v) is 11.1. The molecule has 0 unspecified atom stereocenters. The van der Waals surface area contributed by atoms with Crippen LogP contribution in [0.15, 0.2) is 49.1 Å². The minimum absolute atomic E-state index is 1.03. The van der Waals surface area contributed by atoms with Crippen molar-refractivity contribution in [1.29, 1.82) is 0 Å². The number of benzene rings is 1. The summed E-state index contributed by atoms with van der Waals surface area (Å²) >= 11 is 8.27. The molecule has 2 heterocycles. The molecule has 6 heteroatoms. The average molecular weight is 274 g/mol. The van der Waals surface area contributed by atoms with Crippen LogP contribution in [0, 0.1) is 0 Å². The molecule has 0 atom stereocenters. The second-order valence-corrected chi connectivity index (χ2v) is 4.70. The Kier molecular flexibility index (Phi) is 2.89. The van der Waals surface area contributed by atoms with Crippen molar-refractivity contribution in [2.45, 2.75) is 0 Å². The lowest BCUT2D eigenvalue weighted by Crippen LogP contribution is -1.78. The summed E-state index contributed by atoms with van der Waals surface area (Å²) in [5.41, 5.74) is 4.26. The molecule has 0 N–H and O–H groups in total. The maximum Gasteiger partial charge on any atom is 0.0578 e. The average Bonchev–Trinajstić information content (AvgIpc) is 2.98. The van der Waals surface area contributed by atoms with Gasteiger partial charge in [0.2, 0.25) is 0 Å². The molecule has 4 nitrogen and oxygen atoms in total. The minimum Gasteiger partial charge on any atom is -0.217 e. The van der Waals surface area contributed by atoms with E-state index in [1.807, 2.05) is 30.6 Å². The molecule has 0 aliphatic carbocycles. The molecule has 0 bridgehead atoms. The Balaban J connectivity index is 2.04. The summed E-state index contributed by atoms with van der Waals surface area (Å²) in [6.07, 6.45) is 7.30. The third kappa shape index (κ3) is 2.16. The summed E-state index contributed by atoms with van der Waals surface area (Å²) in [5.74, 6) is 0. The summed E-state index contributed by atoms with van der Waals surface area (Å²) in [4.78, 5) is 0. The van der Waals surface area contributed by atoms with Crippen molar-refractivity contribution < 1.29 is 0 Å². The lowest BCUT2D eigenvalue weighted by atomic mass is 10.0. The van der Waals surface area contributed by atoms with Gasteiger partial charge in [-0.3, -0.25) is 0 Å². The molecule has 3 aromatic rings. The van der Waals surface area contributed by atoms with Gasteiger partial charge in [0.05, 0.1) is 12.4 Å². The molecule has 0 spiro atoms. The predicted molar refractivity (Wildman–Crippen MR) is 77.7 cm³/mol. The van der Waals surface area contributed by atoms with Crippen molar-refractivity contribution in [3.05, 3.63) is 49.1 Å². The lowest BCUT2D eigenvalue weighted by molar-refractivity contribution is 1.02. The summed E-state index contributed by atoms with van der Waals surface area (Å²) in [7, 11) is 0. The number of rotatable bonds is 2. The molecule has 0 saturated carbocycles. The van der Waals surface area contributed by atoms with E-state index in [2.05, 4.69) is 41.9 Å². The molecular weight excluding hydrogens is 264 g/mol. The van der Waals surface area contributed by atoms with Crippen LogP contribution < -0.4 is 0 Å². The van der Waals surface area contributed by atoms with Crippen LogP contribution in [-0.2, 0) is 0 Å². The Morgan fingerprint density at radius 1 is 0.778 bits per heavy atom. The first-order chi connectivity index (χ1) is 8.72. The molecule has 90 valence electrons. The van der Waals surface area contributed by atoms with Gasteiger partial charge in [-0.1, -0.05) is 18.2 Å². The summed E-state index contributed by atoms with van der Waals surface area (Å²) < 4.78 is 2.99. The molecule has 3 rings (SSSR count). The molecule has 0 aliphatic rings. The SMILES string of the molecule is Sn1cc(-c2cccc(-c3cnn(S)c3)c2)cn1. The van der Waals surface area contributed by atoms with Crippen molar-refractivity contribution in [2.24, 2.45) is 0 Å². The van der Waals surface area contributed by atoms with Gasteiger partial charge >= 0.3 is 0 Å². The molecule has 18 heavy (non-hydrogen) atoms. The molecular formula is C12H10N4S2. The first-order valence-electron chi connectivity index (χ1n) is 5.31. The van der Waals surface area contributed by atoms with Gasteiger partial charge < -0.3 is 0 Å². The van der Waals surface area contributed by atoms with Gasteiger partial charge in [0.15, 0.2) is 0 Å². The second-order valence-electron chi connectivity index (χ2n) is 3.88. The molecule has 0 radical (unpaired) electrons. The Morgan fingerprint density at radius 2 is 1.28 bits per heavy atom. The second kappa shape index (κ2) is 4.55. The van der Waals surface area contributed by atoms with E-state index in [-0.39, 0.29) is 0 Å².